The molecule has 90 valence electrons. The number of carbonyl (C=O) groups excluding carboxylic acids is 1. The second kappa shape index (κ2) is 4.87. The molecule has 0 heterocycles. The van der Waals surface area contributed by atoms with E-state index in [-0.39, 0.29) is 5.41 Å². The molecule has 0 spiro atoms. The highest BCUT2D eigenvalue weighted by atomic mass is 16.1. The molecule has 0 aromatic heterocycles. The van der Waals surface area contributed by atoms with E-state index >= 15 is 0 Å². The summed E-state index contributed by atoms with van der Waals surface area (Å²) in [5, 5.41) is 0. The fourth-order valence-corrected chi connectivity index (χ4v) is 2.72. The average molecular weight is 228 g/mol. The van der Waals surface area contributed by atoms with E-state index in [1.807, 2.05) is 12.1 Å². The Hall–Kier alpha value is -1.37. The van der Waals surface area contributed by atoms with Gasteiger partial charge in [-0.15, -0.1) is 0 Å². The van der Waals surface area contributed by atoms with Crippen molar-refractivity contribution in [3.63, 3.8) is 0 Å². The maximum atomic E-state index is 11.6. The minimum atomic E-state index is -0.347. The summed E-state index contributed by atoms with van der Waals surface area (Å²) in [6.45, 7) is 4.27. The SMILES string of the molecule is CCCC[C@@H]1C=Cc2ccccc2[C@]1(C)C=O. The Kier molecular flexibility index (Phi) is 3.46. The maximum Gasteiger partial charge on any atom is 0.130 e. The van der Waals surface area contributed by atoms with Gasteiger partial charge in [-0.1, -0.05) is 56.2 Å². The van der Waals surface area contributed by atoms with Gasteiger partial charge in [0, 0.05) is 0 Å². The predicted molar refractivity (Wildman–Crippen MR) is 71.9 cm³/mol. The zero-order valence-corrected chi connectivity index (χ0v) is 10.6. The van der Waals surface area contributed by atoms with E-state index in [1.165, 1.54) is 24.0 Å². The summed E-state index contributed by atoms with van der Waals surface area (Å²) in [6, 6.07) is 8.23. The van der Waals surface area contributed by atoms with Gasteiger partial charge in [-0.05, 0) is 30.4 Å². The molecule has 1 heteroatoms. The van der Waals surface area contributed by atoms with Crippen LogP contribution in [-0.4, -0.2) is 6.29 Å². The Morgan fingerprint density at radius 3 is 2.82 bits per heavy atom. The van der Waals surface area contributed by atoms with Crippen molar-refractivity contribution in [1.82, 2.24) is 0 Å². The molecular weight excluding hydrogens is 208 g/mol. The van der Waals surface area contributed by atoms with E-state index < -0.39 is 0 Å². The van der Waals surface area contributed by atoms with Gasteiger partial charge >= 0.3 is 0 Å². The molecule has 0 radical (unpaired) electrons. The summed E-state index contributed by atoms with van der Waals surface area (Å²) in [5.41, 5.74) is 2.02. The zero-order valence-electron chi connectivity index (χ0n) is 10.6. The number of unbranched alkanes of at least 4 members (excludes halogenated alkanes) is 1. The lowest BCUT2D eigenvalue weighted by Gasteiger charge is -2.35. The summed E-state index contributed by atoms with van der Waals surface area (Å²) < 4.78 is 0. The topological polar surface area (TPSA) is 17.1 Å². The number of fused-ring (bicyclic) bond motifs is 1. The predicted octanol–water partition coefficient (Wildman–Crippen LogP) is 3.98. The standard InChI is InChI=1S/C16H20O/c1-3-4-8-14-11-10-13-7-5-6-9-15(13)16(14,2)12-17/h5-7,9-12,14H,3-4,8H2,1-2H3/t14-,16-/m1/s1. The number of aldehydes is 1. The van der Waals surface area contributed by atoms with Crippen molar-refractivity contribution in [2.45, 2.75) is 38.5 Å². The van der Waals surface area contributed by atoms with Gasteiger partial charge in [-0.2, -0.15) is 0 Å². The summed E-state index contributed by atoms with van der Waals surface area (Å²) in [6.07, 6.45) is 8.97. The molecule has 0 unspecified atom stereocenters. The fourth-order valence-electron chi connectivity index (χ4n) is 2.72. The molecule has 0 aliphatic heterocycles. The highest BCUT2D eigenvalue weighted by Gasteiger charge is 2.37. The number of allylic oxidation sites excluding steroid dienone is 1. The summed E-state index contributed by atoms with van der Waals surface area (Å²) >= 11 is 0. The molecule has 0 amide bonds. The van der Waals surface area contributed by atoms with Gasteiger partial charge in [0.05, 0.1) is 5.41 Å². The average Bonchev–Trinajstić information content (AvgIpc) is 2.38. The molecule has 1 nitrogen and oxygen atoms in total. The lowest BCUT2D eigenvalue weighted by atomic mass is 9.67. The number of carbonyl (C=O) groups is 1. The minimum Gasteiger partial charge on any atom is -0.302 e. The van der Waals surface area contributed by atoms with Crippen molar-refractivity contribution >= 4 is 12.4 Å². The van der Waals surface area contributed by atoms with Gasteiger partial charge < -0.3 is 4.79 Å². The third-order valence-corrected chi connectivity index (χ3v) is 3.93. The highest BCUT2D eigenvalue weighted by molar-refractivity contribution is 5.76. The third-order valence-electron chi connectivity index (χ3n) is 3.93. The Morgan fingerprint density at radius 1 is 1.35 bits per heavy atom. The van der Waals surface area contributed by atoms with E-state index in [4.69, 9.17) is 0 Å². The molecule has 1 aromatic carbocycles. The minimum absolute atomic E-state index is 0.342. The normalized spacial score (nSPS) is 26.6. The second-order valence-corrected chi connectivity index (χ2v) is 5.10. The molecule has 0 saturated carbocycles. The molecule has 17 heavy (non-hydrogen) atoms. The van der Waals surface area contributed by atoms with Crippen LogP contribution in [0.1, 0.15) is 44.2 Å². The number of rotatable bonds is 4. The smallest absolute Gasteiger partial charge is 0.130 e. The molecule has 1 aliphatic carbocycles. The highest BCUT2D eigenvalue weighted by Crippen LogP contribution is 2.40. The first-order chi connectivity index (χ1) is 8.22. The fraction of sp³-hybridized carbons (Fsp3) is 0.438. The number of hydrogen-bond donors (Lipinski definition) is 0. The Morgan fingerprint density at radius 2 is 2.12 bits per heavy atom. The largest absolute Gasteiger partial charge is 0.302 e. The van der Waals surface area contributed by atoms with Gasteiger partial charge in [0.2, 0.25) is 0 Å². The Labute approximate surface area is 104 Å². The quantitative estimate of drug-likeness (QED) is 0.712. The second-order valence-electron chi connectivity index (χ2n) is 5.10. The molecule has 2 rings (SSSR count). The molecule has 0 saturated heterocycles. The van der Waals surface area contributed by atoms with E-state index in [1.54, 1.807) is 0 Å². The maximum absolute atomic E-state index is 11.6. The van der Waals surface area contributed by atoms with Gasteiger partial charge in [0.25, 0.3) is 0 Å². The summed E-state index contributed by atoms with van der Waals surface area (Å²) in [7, 11) is 0. The first-order valence-electron chi connectivity index (χ1n) is 6.46. The molecule has 1 aliphatic rings. The molecule has 0 bridgehead atoms. The first kappa shape index (κ1) is 12.1. The first-order valence-corrected chi connectivity index (χ1v) is 6.46. The van der Waals surface area contributed by atoms with Crippen LogP contribution in [0.5, 0.6) is 0 Å². The lowest BCUT2D eigenvalue weighted by molar-refractivity contribution is -0.113. The zero-order chi connectivity index (χ0) is 12.3. The van der Waals surface area contributed by atoms with E-state index in [9.17, 15) is 4.79 Å². The van der Waals surface area contributed by atoms with Gasteiger partial charge in [-0.25, -0.2) is 0 Å². The van der Waals surface area contributed by atoms with E-state index in [0.717, 1.165) is 12.7 Å². The van der Waals surface area contributed by atoms with Gasteiger partial charge in [-0.3, -0.25) is 0 Å². The van der Waals surface area contributed by atoms with Crippen molar-refractivity contribution < 1.29 is 4.79 Å². The van der Waals surface area contributed by atoms with Crippen molar-refractivity contribution in [3.8, 4) is 0 Å². The van der Waals surface area contributed by atoms with Crippen LogP contribution in [0.4, 0.5) is 0 Å². The van der Waals surface area contributed by atoms with Crippen molar-refractivity contribution in [2.24, 2.45) is 5.92 Å². The van der Waals surface area contributed by atoms with Gasteiger partial charge in [0.1, 0.15) is 6.29 Å². The van der Waals surface area contributed by atoms with Crippen molar-refractivity contribution in [1.29, 1.82) is 0 Å². The Bertz CT molecular complexity index is 433. The van der Waals surface area contributed by atoms with E-state index in [2.05, 4.69) is 38.1 Å². The molecular formula is C16H20O. The molecule has 1 aromatic rings. The number of hydrogen-bond acceptors (Lipinski definition) is 1. The number of benzene rings is 1. The third kappa shape index (κ3) is 2.06. The Balaban J connectivity index is 2.39. The van der Waals surface area contributed by atoms with Gasteiger partial charge in [0.15, 0.2) is 0 Å². The molecule has 2 atom stereocenters. The molecule has 0 fully saturated rings. The summed E-state index contributed by atoms with van der Waals surface area (Å²) in [4.78, 5) is 11.6. The monoisotopic (exact) mass is 228 g/mol. The van der Waals surface area contributed by atoms with Crippen molar-refractivity contribution in [3.05, 3.63) is 41.5 Å². The van der Waals surface area contributed by atoms with E-state index in [0.29, 0.717) is 5.92 Å². The van der Waals surface area contributed by atoms with Crippen LogP contribution in [-0.2, 0) is 10.2 Å². The van der Waals surface area contributed by atoms with Crippen LogP contribution in [0.25, 0.3) is 6.08 Å². The molecule has 0 N–H and O–H groups in total. The lowest BCUT2D eigenvalue weighted by Crippen LogP contribution is -2.35. The van der Waals surface area contributed by atoms with Crippen LogP contribution < -0.4 is 0 Å². The van der Waals surface area contributed by atoms with Crippen LogP contribution in [0.15, 0.2) is 30.3 Å². The van der Waals surface area contributed by atoms with Crippen LogP contribution in [0.2, 0.25) is 0 Å². The van der Waals surface area contributed by atoms with Crippen molar-refractivity contribution in [2.75, 3.05) is 0 Å². The summed E-state index contributed by atoms with van der Waals surface area (Å²) in [5.74, 6) is 0.342. The van der Waals surface area contributed by atoms with Crippen LogP contribution >= 0.6 is 0 Å². The van der Waals surface area contributed by atoms with Crippen LogP contribution in [0.3, 0.4) is 0 Å². The van der Waals surface area contributed by atoms with Crippen LogP contribution in [0, 0.1) is 5.92 Å².